The Labute approximate surface area is 153 Å². The molecule has 2 N–H and O–H groups in total. The van der Waals surface area contributed by atoms with Crippen molar-refractivity contribution in [3.63, 3.8) is 0 Å². The van der Waals surface area contributed by atoms with Gasteiger partial charge < -0.3 is 10.2 Å². The van der Waals surface area contributed by atoms with E-state index in [0.717, 1.165) is 29.9 Å². The molecule has 1 heterocycles. The maximum atomic E-state index is 4.41. The van der Waals surface area contributed by atoms with E-state index in [1.807, 2.05) is 32.8 Å². The molecule has 2 aromatic rings. The molecule has 0 atom stereocenters. The van der Waals surface area contributed by atoms with E-state index in [9.17, 15) is 0 Å². The van der Waals surface area contributed by atoms with Crippen LogP contribution in [0.2, 0.25) is 0 Å². The van der Waals surface area contributed by atoms with Crippen molar-refractivity contribution in [2.24, 2.45) is 5.92 Å². The van der Waals surface area contributed by atoms with Gasteiger partial charge in [0.05, 0.1) is 11.3 Å². The second-order valence-corrected chi connectivity index (χ2v) is 6.48. The van der Waals surface area contributed by atoms with E-state index in [4.69, 9.17) is 0 Å². The van der Waals surface area contributed by atoms with Crippen LogP contribution in [0.4, 0.5) is 0 Å². The van der Waals surface area contributed by atoms with Crippen molar-refractivity contribution < 1.29 is 0 Å². The third kappa shape index (κ3) is 5.66. The summed E-state index contributed by atoms with van der Waals surface area (Å²) in [5.74, 6) is 1.54. The monoisotopic (exact) mass is 342 g/mol. The number of likely N-dealkylation sites (N-methyl/N-ethyl adjacent to an activating group) is 1. The standard InChI is InChI=1S/C19H28N4.C2H6/c1-13(2)7-9-18-17-12-16(8-10-19(17)22-21-18)11-14(3)23(6)15(4)20-5;1-2/h8,10,12-13,20H,3-4,7,9,11H2,1-2,5-6H3,(H,21,22);1-2H3. The van der Waals surface area contributed by atoms with Crippen molar-refractivity contribution in [3.8, 4) is 0 Å². The number of hydrogen-bond donors (Lipinski definition) is 2. The average molecular weight is 343 g/mol. The summed E-state index contributed by atoms with van der Waals surface area (Å²) in [6.45, 7) is 16.6. The molecule has 4 heteroatoms. The number of aromatic amines is 1. The van der Waals surface area contributed by atoms with Crippen molar-refractivity contribution in [3.05, 3.63) is 54.1 Å². The van der Waals surface area contributed by atoms with Gasteiger partial charge in [0.15, 0.2) is 0 Å². The van der Waals surface area contributed by atoms with E-state index in [0.29, 0.717) is 5.92 Å². The van der Waals surface area contributed by atoms with Gasteiger partial charge in [0.1, 0.15) is 0 Å². The summed E-state index contributed by atoms with van der Waals surface area (Å²) < 4.78 is 0. The molecule has 0 spiro atoms. The van der Waals surface area contributed by atoms with E-state index < -0.39 is 0 Å². The molecule has 138 valence electrons. The van der Waals surface area contributed by atoms with Crippen LogP contribution in [0.1, 0.15) is 45.4 Å². The van der Waals surface area contributed by atoms with Gasteiger partial charge in [0.25, 0.3) is 0 Å². The number of rotatable bonds is 8. The normalized spacial score (nSPS) is 10.4. The number of nitrogens with zero attached hydrogens (tertiary/aromatic N) is 2. The molecule has 0 saturated carbocycles. The molecule has 0 aliphatic heterocycles. The molecule has 1 aromatic carbocycles. The molecule has 4 nitrogen and oxygen atoms in total. The first-order chi connectivity index (χ1) is 11.9. The minimum absolute atomic E-state index is 0.692. The highest BCUT2D eigenvalue weighted by Gasteiger charge is 2.10. The predicted molar refractivity (Wildman–Crippen MR) is 109 cm³/mol. The number of nitrogens with one attached hydrogen (secondary N) is 2. The first kappa shape index (κ1) is 20.8. The smallest absolute Gasteiger partial charge is 0.0975 e. The number of allylic oxidation sites excluding steroid dienone is 1. The van der Waals surface area contributed by atoms with Crippen molar-refractivity contribution in [1.29, 1.82) is 0 Å². The summed E-state index contributed by atoms with van der Waals surface area (Å²) in [6, 6.07) is 6.44. The second kappa shape index (κ2) is 9.92. The van der Waals surface area contributed by atoms with Crippen molar-refractivity contribution in [1.82, 2.24) is 20.4 Å². The zero-order chi connectivity index (χ0) is 19.0. The van der Waals surface area contributed by atoms with E-state index in [-0.39, 0.29) is 0 Å². The van der Waals surface area contributed by atoms with E-state index in [2.05, 4.69) is 60.7 Å². The maximum Gasteiger partial charge on any atom is 0.0975 e. The van der Waals surface area contributed by atoms with Gasteiger partial charge in [-0.15, -0.1) is 0 Å². The highest BCUT2D eigenvalue weighted by molar-refractivity contribution is 5.82. The Balaban J connectivity index is 0.00000151. The lowest BCUT2D eigenvalue weighted by Gasteiger charge is -2.23. The maximum absolute atomic E-state index is 4.41. The molecular formula is C21H34N4. The van der Waals surface area contributed by atoms with Gasteiger partial charge in [-0.2, -0.15) is 5.10 Å². The summed E-state index contributed by atoms with van der Waals surface area (Å²) in [4.78, 5) is 1.99. The van der Waals surface area contributed by atoms with Gasteiger partial charge in [0.2, 0.25) is 0 Å². The molecule has 0 radical (unpaired) electrons. The predicted octanol–water partition coefficient (Wildman–Crippen LogP) is 4.86. The molecule has 0 aliphatic carbocycles. The summed E-state index contributed by atoms with van der Waals surface area (Å²) in [5.41, 5.74) is 4.52. The van der Waals surface area contributed by atoms with E-state index >= 15 is 0 Å². The van der Waals surface area contributed by atoms with Crippen LogP contribution in [0, 0.1) is 5.92 Å². The Morgan fingerprint density at radius 2 is 1.96 bits per heavy atom. The van der Waals surface area contributed by atoms with Crippen LogP contribution in [0.3, 0.4) is 0 Å². The zero-order valence-electron chi connectivity index (χ0n) is 16.7. The van der Waals surface area contributed by atoms with Crippen LogP contribution >= 0.6 is 0 Å². The SMILES string of the molecule is C=C(Cc1ccc2n[nH]c(CCC(C)C)c2c1)N(C)C(=C)NC.CC. The van der Waals surface area contributed by atoms with Gasteiger partial charge in [-0.3, -0.25) is 5.10 Å². The van der Waals surface area contributed by atoms with Crippen molar-refractivity contribution in [2.45, 2.75) is 47.0 Å². The Morgan fingerprint density at radius 1 is 1.28 bits per heavy atom. The third-order valence-electron chi connectivity index (χ3n) is 4.25. The minimum Gasteiger partial charge on any atom is -0.375 e. The molecule has 0 aliphatic rings. The van der Waals surface area contributed by atoms with Gasteiger partial charge >= 0.3 is 0 Å². The average Bonchev–Trinajstić information content (AvgIpc) is 3.02. The van der Waals surface area contributed by atoms with Gasteiger partial charge in [0, 0.05) is 37.3 Å². The van der Waals surface area contributed by atoms with Crippen molar-refractivity contribution >= 4 is 10.9 Å². The van der Waals surface area contributed by atoms with E-state index in [1.54, 1.807) is 0 Å². The first-order valence-electron chi connectivity index (χ1n) is 9.16. The van der Waals surface area contributed by atoms with Gasteiger partial charge in [-0.05, 0) is 36.5 Å². The lowest BCUT2D eigenvalue weighted by Crippen LogP contribution is -2.25. The lowest BCUT2D eigenvalue weighted by atomic mass is 10.0. The zero-order valence-corrected chi connectivity index (χ0v) is 16.7. The highest BCUT2D eigenvalue weighted by atomic mass is 15.2. The molecule has 0 amide bonds. The van der Waals surface area contributed by atoms with Crippen LogP contribution in [0.15, 0.2) is 42.9 Å². The highest BCUT2D eigenvalue weighted by Crippen LogP contribution is 2.22. The minimum atomic E-state index is 0.692. The molecule has 2 rings (SSSR count). The van der Waals surface area contributed by atoms with Gasteiger partial charge in [-0.25, -0.2) is 0 Å². The number of aromatic nitrogens is 2. The Hall–Kier alpha value is -2.23. The molecular weight excluding hydrogens is 308 g/mol. The lowest BCUT2D eigenvalue weighted by molar-refractivity contribution is 0.476. The summed E-state index contributed by atoms with van der Waals surface area (Å²) in [6.07, 6.45) is 3.00. The van der Waals surface area contributed by atoms with E-state index in [1.165, 1.54) is 23.1 Å². The van der Waals surface area contributed by atoms with Gasteiger partial charge in [-0.1, -0.05) is 46.9 Å². The quantitative estimate of drug-likeness (QED) is 0.720. The van der Waals surface area contributed by atoms with Crippen LogP contribution in [-0.2, 0) is 12.8 Å². The second-order valence-electron chi connectivity index (χ2n) is 6.48. The Kier molecular flexibility index (Phi) is 8.26. The first-order valence-corrected chi connectivity index (χ1v) is 9.16. The fourth-order valence-corrected chi connectivity index (χ4v) is 2.56. The summed E-state index contributed by atoms with van der Waals surface area (Å²) >= 11 is 0. The molecule has 25 heavy (non-hydrogen) atoms. The Bertz CT molecular complexity index is 697. The molecule has 0 unspecified atom stereocenters. The van der Waals surface area contributed by atoms with Crippen LogP contribution in [0.5, 0.6) is 0 Å². The summed E-state index contributed by atoms with van der Waals surface area (Å²) in [7, 11) is 3.84. The number of H-pyrrole nitrogens is 1. The molecule has 0 fully saturated rings. The van der Waals surface area contributed by atoms with Crippen molar-refractivity contribution in [2.75, 3.05) is 14.1 Å². The fourth-order valence-electron chi connectivity index (χ4n) is 2.56. The topological polar surface area (TPSA) is 44.0 Å². The molecule has 1 aromatic heterocycles. The molecule has 0 saturated heterocycles. The number of benzene rings is 1. The number of fused-ring (bicyclic) bond motifs is 1. The number of aryl methyl sites for hydroxylation is 1. The fraction of sp³-hybridized carbons (Fsp3) is 0.476. The number of hydrogen-bond acceptors (Lipinski definition) is 3. The summed E-state index contributed by atoms with van der Waals surface area (Å²) in [5, 5.41) is 11.9. The molecule has 0 bridgehead atoms. The Morgan fingerprint density at radius 3 is 2.56 bits per heavy atom. The largest absolute Gasteiger partial charge is 0.375 e. The van der Waals surface area contributed by atoms with Crippen LogP contribution in [-0.4, -0.2) is 29.2 Å². The van der Waals surface area contributed by atoms with Crippen LogP contribution < -0.4 is 5.32 Å². The third-order valence-corrected chi connectivity index (χ3v) is 4.25. The van der Waals surface area contributed by atoms with Crippen LogP contribution in [0.25, 0.3) is 10.9 Å².